The lowest BCUT2D eigenvalue weighted by Crippen LogP contribution is -2.36. The van der Waals surface area contributed by atoms with Crippen LogP contribution in [0.1, 0.15) is 30.7 Å². The zero-order valence-corrected chi connectivity index (χ0v) is 11.0. The molecular formula is C15H16N2O2. The fourth-order valence-electron chi connectivity index (χ4n) is 2.35. The van der Waals surface area contributed by atoms with E-state index in [1.54, 1.807) is 0 Å². The van der Waals surface area contributed by atoms with E-state index in [-0.39, 0.29) is 5.60 Å². The van der Waals surface area contributed by atoms with Gasteiger partial charge in [0.1, 0.15) is 17.0 Å². The minimum atomic E-state index is -0.164. The minimum absolute atomic E-state index is 0.164. The molecule has 1 spiro atoms. The first-order valence-corrected chi connectivity index (χ1v) is 6.54. The molecule has 0 unspecified atom stereocenters. The average molecular weight is 256 g/mol. The van der Waals surface area contributed by atoms with Gasteiger partial charge >= 0.3 is 0 Å². The van der Waals surface area contributed by atoms with Gasteiger partial charge in [0.05, 0.1) is 13.2 Å². The predicted molar refractivity (Wildman–Crippen MR) is 71.8 cm³/mol. The molecule has 4 nitrogen and oxygen atoms in total. The van der Waals surface area contributed by atoms with Crippen LogP contribution in [0.2, 0.25) is 0 Å². The second-order valence-electron chi connectivity index (χ2n) is 5.02. The number of oxime groups is 1. The Bertz CT molecular complexity index is 563. The first-order chi connectivity index (χ1) is 9.26. The highest BCUT2D eigenvalue weighted by Crippen LogP contribution is 2.33. The van der Waals surface area contributed by atoms with E-state index >= 15 is 0 Å². The molecule has 0 amide bonds. The van der Waals surface area contributed by atoms with Gasteiger partial charge in [0.15, 0.2) is 0 Å². The molecule has 2 aliphatic rings. The second-order valence-corrected chi connectivity index (χ2v) is 5.02. The van der Waals surface area contributed by atoms with E-state index in [0.717, 1.165) is 49.6 Å². The normalized spacial score (nSPS) is 20.4. The number of nitrogens with zero attached hydrogens (tertiary/aromatic N) is 2. The van der Waals surface area contributed by atoms with Gasteiger partial charge in [-0.05, 0) is 30.9 Å². The van der Waals surface area contributed by atoms with Crippen LogP contribution in [0.25, 0.3) is 0 Å². The molecule has 0 radical (unpaired) electrons. The van der Waals surface area contributed by atoms with Gasteiger partial charge in [0, 0.05) is 25.0 Å². The minimum Gasteiger partial charge on any atom is -0.388 e. The van der Waals surface area contributed by atoms with Crippen LogP contribution >= 0.6 is 0 Å². The summed E-state index contributed by atoms with van der Waals surface area (Å²) in [7, 11) is 0. The molecule has 2 aliphatic heterocycles. The fraction of sp³-hybridized carbons (Fsp3) is 0.467. The van der Waals surface area contributed by atoms with E-state index in [4.69, 9.17) is 9.57 Å². The number of hydrogen-bond donors (Lipinski definition) is 0. The summed E-state index contributed by atoms with van der Waals surface area (Å²) >= 11 is 0. The smallest absolute Gasteiger partial charge is 0.148 e. The Balaban J connectivity index is 1.69. The van der Waals surface area contributed by atoms with Crippen molar-refractivity contribution in [1.82, 2.24) is 4.98 Å². The van der Waals surface area contributed by atoms with Gasteiger partial charge in [-0.2, -0.15) is 0 Å². The first-order valence-electron chi connectivity index (χ1n) is 6.54. The van der Waals surface area contributed by atoms with Crippen molar-refractivity contribution in [2.45, 2.75) is 31.8 Å². The monoisotopic (exact) mass is 256 g/mol. The number of aryl methyl sites for hydroxylation is 1. The summed E-state index contributed by atoms with van der Waals surface area (Å²) in [5.41, 5.74) is 2.39. The molecule has 19 heavy (non-hydrogen) atoms. The molecule has 1 aromatic heterocycles. The lowest BCUT2D eigenvalue weighted by molar-refractivity contribution is -0.0919. The molecular weight excluding hydrogens is 240 g/mol. The Kier molecular flexibility index (Phi) is 3.22. The molecule has 98 valence electrons. The molecule has 0 aliphatic carbocycles. The highest BCUT2D eigenvalue weighted by atomic mass is 16.7. The Labute approximate surface area is 112 Å². The Hall–Kier alpha value is -1.86. The van der Waals surface area contributed by atoms with Gasteiger partial charge in [-0.1, -0.05) is 11.2 Å². The number of aromatic nitrogens is 1. The van der Waals surface area contributed by atoms with Crippen molar-refractivity contribution in [3.63, 3.8) is 0 Å². The highest BCUT2D eigenvalue weighted by molar-refractivity contribution is 6.01. The Morgan fingerprint density at radius 2 is 2.05 bits per heavy atom. The summed E-state index contributed by atoms with van der Waals surface area (Å²) in [6.07, 6.45) is 2.57. The maximum Gasteiger partial charge on any atom is 0.148 e. The van der Waals surface area contributed by atoms with E-state index in [1.165, 1.54) is 0 Å². The molecule has 0 aromatic carbocycles. The van der Waals surface area contributed by atoms with Crippen molar-refractivity contribution >= 4 is 5.71 Å². The van der Waals surface area contributed by atoms with Crippen molar-refractivity contribution in [2.75, 3.05) is 13.2 Å². The molecule has 0 atom stereocenters. The van der Waals surface area contributed by atoms with Gasteiger partial charge in [0.2, 0.25) is 0 Å². The third kappa shape index (κ3) is 2.77. The van der Waals surface area contributed by atoms with E-state index in [2.05, 4.69) is 22.0 Å². The molecule has 1 saturated heterocycles. The van der Waals surface area contributed by atoms with E-state index in [0.29, 0.717) is 0 Å². The summed E-state index contributed by atoms with van der Waals surface area (Å²) in [4.78, 5) is 9.94. The van der Waals surface area contributed by atoms with Crippen LogP contribution in [-0.2, 0) is 9.57 Å². The largest absolute Gasteiger partial charge is 0.388 e. The quantitative estimate of drug-likeness (QED) is 0.667. The fourth-order valence-corrected chi connectivity index (χ4v) is 2.35. The molecule has 0 saturated carbocycles. The van der Waals surface area contributed by atoms with Crippen LogP contribution in [0.4, 0.5) is 0 Å². The molecule has 1 fully saturated rings. The van der Waals surface area contributed by atoms with Gasteiger partial charge < -0.3 is 9.57 Å². The highest BCUT2D eigenvalue weighted by Gasteiger charge is 2.40. The zero-order chi connectivity index (χ0) is 13.1. The van der Waals surface area contributed by atoms with Crippen molar-refractivity contribution in [3.8, 4) is 11.8 Å². The van der Waals surface area contributed by atoms with Gasteiger partial charge in [-0.15, -0.1) is 0 Å². The molecule has 4 heteroatoms. The van der Waals surface area contributed by atoms with Crippen LogP contribution in [0, 0.1) is 18.8 Å². The Morgan fingerprint density at radius 1 is 1.21 bits per heavy atom. The molecule has 3 heterocycles. The molecule has 0 bridgehead atoms. The van der Waals surface area contributed by atoms with Crippen LogP contribution in [-0.4, -0.2) is 29.5 Å². The lowest BCUT2D eigenvalue weighted by atomic mass is 9.89. The van der Waals surface area contributed by atoms with Crippen molar-refractivity contribution in [2.24, 2.45) is 5.16 Å². The zero-order valence-electron chi connectivity index (χ0n) is 11.0. The van der Waals surface area contributed by atoms with Crippen LogP contribution in [0.3, 0.4) is 0 Å². The summed E-state index contributed by atoms with van der Waals surface area (Å²) in [6.45, 7) is 3.45. The number of rotatable bonds is 0. The predicted octanol–water partition coefficient (Wildman–Crippen LogP) is 2.07. The van der Waals surface area contributed by atoms with Gasteiger partial charge in [0.25, 0.3) is 0 Å². The standard InChI is InChI=1S/C15H16N2O2/c1-12-3-2-4-13(16-12)5-6-14-11-15(19-17-14)7-9-18-10-8-15/h2-4H,7-11H2,1H3. The van der Waals surface area contributed by atoms with Crippen LogP contribution in [0.15, 0.2) is 23.4 Å². The summed E-state index contributed by atoms with van der Waals surface area (Å²) in [6, 6.07) is 5.82. The first kappa shape index (κ1) is 12.2. The van der Waals surface area contributed by atoms with Crippen molar-refractivity contribution < 1.29 is 9.57 Å². The maximum atomic E-state index is 5.59. The van der Waals surface area contributed by atoms with Crippen LogP contribution in [0.5, 0.6) is 0 Å². The number of hydrogen-bond acceptors (Lipinski definition) is 4. The van der Waals surface area contributed by atoms with Crippen molar-refractivity contribution in [1.29, 1.82) is 0 Å². The Morgan fingerprint density at radius 3 is 2.84 bits per heavy atom. The second kappa shape index (κ2) is 5.02. The van der Waals surface area contributed by atoms with Gasteiger partial charge in [-0.25, -0.2) is 4.98 Å². The number of pyridine rings is 1. The van der Waals surface area contributed by atoms with E-state index in [9.17, 15) is 0 Å². The third-order valence-corrected chi connectivity index (χ3v) is 3.47. The SMILES string of the molecule is Cc1cccc(C#CC2=NOC3(CCOCC3)C2)n1. The van der Waals surface area contributed by atoms with Gasteiger partial charge in [-0.3, -0.25) is 0 Å². The average Bonchev–Trinajstić information content (AvgIpc) is 2.80. The third-order valence-electron chi connectivity index (χ3n) is 3.47. The summed E-state index contributed by atoms with van der Waals surface area (Å²) in [5.74, 6) is 6.11. The summed E-state index contributed by atoms with van der Waals surface area (Å²) in [5, 5.41) is 4.11. The topological polar surface area (TPSA) is 43.7 Å². The van der Waals surface area contributed by atoms with Crippen LogP contribution < -0.4 is 0 Å². The van der Waals surface area contributed by atoms with E-state index < -0.39 is 0 Å². The maximum absolute atomic E-state index is 5.59. The summed E-state index contributed by atoms with van der Waals surface area (Å²) < 4.78 is 5.36. The number of ether oxygens (including phenoxy) is 1. The lowest BCUT2D eigenvalue weighted by Gasteiger charge is -2.30. The molecule has 3 rings (SSSR count). The molecule has 0 N–H and O–H groups in total. The van der Waals surface area contributed by atoms with Crippen molar-refractivity contribution in [3.05, 3.63) is 29.6 Å². The van der Waals surface area contributed by atoms with E-state index in [1.807, 2.05) is 25.1 Å². The molecule has 1 aromatic rings.